The Kier molecular flexibility index (Phi) is 2.95. The van der Waals surface area contributed by atoms with E-state index < -0.39 is 0 Å². The molecule has 0 fully saturated rings. The maximum atomic E-state index is 8.62. The molecule has 0 amide bonds. The van der Waals surface area contributed by atoms with Crippen molar-refractivity contribution in [3.8, 4) is 11.5 Å². The lowest BCUT2D eigenvalue weighted by Crippen LogP contribution is -1.78. The monoisotopic (exact) mass is 201 g/mol. The summed E-state index contributed by atoms with van der Waals surface area (Å²) in [5.41, 5.74) is 1.99. The summed E-state index contributed by atoms with van der Waals surface area (Å²) in [7, 11) is 0. The number of hydrogen-bond acceptors (Lipinski definition) is 3. The van der Waals surface area contributed by atoms with Crippen LogP contribution in [0.1, 0.15) is 5.56 Å². The number of oxazole rings is 1. The lowest BCUT2D eigenvalue weighted by atomic mass is 10.1. The van der Waals surface area contributed by atoms with Crippen molar-refractivity contribution >= 4 is 6.08 Å². The summed E-state index contributed by atoms with van der Waals surface area (Å²) in [5, 5.41) is 8.62. The maximum absolute atomic E-state index is 8.62. The highest BCUT2D eigenvalue weighted by molar-refractivity contribution is 5.58. The number of aliphatic hydroxyl groups is 1. The molecule has 0 unspecified atom stereocenters. The topological polar surface area (TPSA) is 46.3 Å². The highest BCUT2D eigenvalue weighted by Crippen LogP contribution is 2.17. The van der Waals surface area contributed by atoms with Gasteiger partial charge >= 0.3 is 0 Å². The standard InChI is InChI=1S/C12H11NO2/c14-8-1-2-10-3-5-11(6-4-10)12-13-7-9-15-12/h1-7,9,14H,8H2. The fraction of sp³-hybridized carbons (Fsp3) is 0.0833. The zero-order valence-corrected chi connectivity index (χ0v) is 8.13. The summed E-state index contributed by atoms with van der Waals surface area (Å²) in [4.78, 5) is 4.05. The predicted molar refractivity (Wildman–Crippen MR) is 58.1 cm³/mol. The number of hydrogen-bond donors (Lipinski definition) is 1. The molecule has 3 heteroatoms. The number of aromatic nitrogens is 1. The lowest BCUT2D eigenvalue weighted by Gasteiger charge is -1.96. The van der Waals surface area contributed by atoms with Gasteiger partial charge in [-0.25, -0.2) is 4.98 Å². The Labute approximate surface area is 87.7 Å². The first-order chi connectivity index (χ1) is 7.40. The van der Waals surface area contributed by atoms with E-state index in [0.717, 1.165) is 11.1 Å². The second-order valence-electron chi connectivity index (χ2n) is 3.04. The van der Waals surface area contributed by atoms with Gasteiger partial charge < -0.3 is 9.52 Å². The molecule has 1 aromatic carbocycles. The van der Waals surface area contributed by atoms with Crippen LogP contribution in [0.25, 0.3) is 17.5 Å². The second-order valence-corrected chi connectivity index (χ2v) is 3.04. The van der Waals surface area contributed by atoms with Crippen molar-refractivity contribution in [2.75, 3.05) is 6.61 Å². The van der Waals surface area contributed by atoms with Crippen LogP contribution in [0.2, 0.25) is 0 Å². The summed E-state index contributed by atoms with van der Waals surface area (Å²) < 4.78 is 5.17. The minimum Gasteiger partial charge on any atom is -0.445 e. The number of nitrogens with zero attached hydrogens (tertiary/aromatic N) is 1. The fourth-order valence-electron chi connectivity index (χ4n) is 1.29. The molecule has 15 heavy (non-hydrogen) atoms. The summed E-state index contributed by atoms with van der Waals surface area (Å²) in [5.74, 6) is 0.618. The van der Waals surface area contributed by atoms with Crippen LogP contribution < -0.4 is 0 Å². The molecule has 0 atom stereocenters. The van der Waals surface area contributed by atoms with E-state index in [-0.39, 0.29) is 6.61 Å². The van der Waals surface area contributed by atoms with Gasteiger partial charge in [0, 0.05) is 5.56 Å². The summed E-state index contributed by atoms with van der Waals surface area (Å²) in [6, 6.07) is 7.77. The molecule has 0 saturated heterocycles. The summed E-state index contributed by atoms with van der Waals surface area (Å²) in [6.07, 6.45) is 6.73. The molecule has 3 nitrogen and oxygen atoms in total. The van der Waals surface area contributed by atoms with Crippen LogP contribution in [0.15, 0.2) is 47.2 Å². The van der Waals surface area contributed by atoms with Crippen molar-refractivity contribution in [1.29, 1.82) is 0 Å². The molecule has 0 bridgehead atoms. The van der Waals surface area contributed by atoms with Crippen LogP contribution in [0.3, 0.4) is 0 Å². The predicted octanol–water partition coefficient (Wildman–Crippen LogP) is 2.35. The Bertz CT molecular complexity index is 429. The Morgan fingerprint density at radius 2 is 2.07 bits per heavy atom. The third-order valence-corrected chi connectivity index (χ3v) is 2.01. The van der Waals surface area contributed by atoms with Gasteiger partial charge in [0.15, 0.2) is 0 Å². The molecule has 0 saturated carbocycles. The van der Waals surface area contributed by atoms with Crippen molar-refractivity contribution in [2.24, 2.45) is 0 Å². The van der Waals surface area contributed by atoms with Crippen LogP contribution >= 0.6 is 0 Å². The first-order valence-corrected chi connectivity index (χ1v) is 4.67. The molecular weight excluding hydrogens is 190 g/mol. The van der Waals surface area contributed by atoms with E-state index in [0.29, 0.717) is 5.89 Å². The minimum atomic E-state index is 0.0570. The van der Waals surface area contributed by atoms with Crippen molar-refractivity contribution < 1.29 is 9.52 Å². The van der Waals surface area contributed by atoms with E-state index in [2.05, 4.69) is 4.98 Å². The summed E-state index contributed by atoms with van der Waals surface area (Å²) >= 11 is 0. The zero-order chi connectivity index (χ0) is 10.5. The van der Waals surface area contributed by atoms with Crippen LogP contribution in [0.4, 0.5) is 0 Å². The average Bonchev–Trinajstić information content (AvgIpc) is 2.80. The molecule has 0 aliphatic heterocycles. The normalized spacial score (nSPS) is 11.0. The van der Waals surface area contributed by atoms with Gasteiger partial charge in [0.25, 0.3) is 0 Å². The Balaban J connectivity index is 2.21. The second kappa shape index (κ2) is 4.57. The molecule has 1 N–H and O–H groups in total. The van der Waals surface area contributed by atoms with Crippen LogP contribution in [0.5, 0.6) is 0 Å². The molecular formula is C12H11NO2. The Hall–Kier alpha value is -1.87. The Morgan fingerprint density at radius 3 is 2.67 bits per heavy atom. The molecule has 2 aromatic rings. The highest BCUT2D eigenvalue weighted by Gasteiger charge is 2.00. The number of rotatable bonds is 3. The van der Waals surface area contributed by atoms with Gasteiger partial charge in [0.05, 0.1) is 12.8 Å². The molecule has 0 aliphatic carbocycles. The molecule has 1 heterocycles. The SMILES string of the molecule is OCC=Cc1ccc(-c2ncco2)cc1. The first kappa shape index (κ1) is 9.68. The van der Waals surface area contributed by atoms with Crippen molar-refractivity contribution in [3.05, 3.63) is 48.4 Å². The molecule has 76 valence electrons. The third kappa shape index (κ3) is 2.33. The third-order valence-electron chi connectivity index (χ3n) is 2.01. The van der Waals surface area contributed by atoms with E-state index in [1.807, 2.05) is 30.3 Å². The van der Waals surface area contributed by atoms with Crippen molar-refractivity contribution in [1.82, 2.24) is 4.98 Å². The number of aliphatic hydroxyl groups excluding tert-OH is 1. The van der Waals surface area contributed by atoms with Crippen LogP contribution in [0, 0.1) is 0 Å². The highest BCUT2D eigenvalue weighted by atomic mass is 16.3. The quantitative estimate of drug-likeness (QED) is 0.829. The fourth-order valence-corrected chi connectivity index (χ4v) is 1.29. The molecule has 0 radical (unpaired) electrons. The van der Waals surface area contributed by atoms with Gasteiger partial charge in [-0.05, 0) is 17.7 Å². The average molecular weight is 201 g/mol. The van der Waals surface area contributed by atoms with E-state index in [9.17, 15) is 0 Å². The van der Waals surface area contributed by atoms with Gasteiger partial charge in [0.2, 0.25) is 5.89 Å². The van der Waals surface area contributed by atoms with Crippen molar-refractivity contribution in [3.63, 3.8) is 0 Å². The van der Waals surface area contributed by atoms with E-state index in [1.165, 1.54) is 0 Å². The van der Waals surface area contributed by atoms with Crippen LogP contribution in [-0.2, 0) is 0 Å². The minimum absolute atomic E-state index is 0.0570. The summed E-state index contributed by atoms with van der Waals surface area (Å²) in [6.45, 7) is 0.0570. The van der Waals surface area contributed by atoms with Gasteiger partial charge in [0.1, 0.15) is 6.26 Å². The smallest absolute Gasteiger partial charge is 0.225 e. The zero-order valence-electron chi connectivity index (χ0n) is 8.13. The molecule has 2 rings (SSSR count). The van der Waals surface area contributed by atoms with Gasteiger partial charge in [-0.1, -0.05) is 24.3 Å². The molecule has 0 spiro atoms. The maximum Gasteiger partial charge on any atom is 0.225 e. The van der Waals surface area contributed by atoms with Crippen LogP contribution in [-0.4, -0.2) is 16.7 Å². The lowest BCUT2D eigenvalue weighted by molar-refractivity contribution is 0.343. The van der Waals surface area contributed by atoms with Gasteiger partial charge in [-0.2, -0.15) is 0 Å². The first-order valence-electron chi connectivity index (χ1n) is 4.67. The van der Waals surface area contributed by atoms with Gasteiger partial charge in [-0.3, -0.25) is 0 Å². The van der Waals surface area contributed by atoms with Gasteiger partial charge in [-0.15, -0.1) is 0 Å². The van der Waals surface area contributed by atoms with E-state index >= 15 is 0 Å². The van der Waals surface area contributed by atoms with E-state index in [1.54, 1.807) is 18.5 Å². The molecule has 1 aromatic heterocycles. The Morgan fingerprint density at radius 1 is 1.27 bits per heavy atom. The molecule has 0 aliphatic rings. The van der Waals surface area contributed by atoms with E-state index in [4.69, 9.17) is 9.52 Å². The number of benzene rings is 1. The largest absolute Gasteiger partial charge is 0.445 e. The van der Waals surface area contributed by atoms with Crippen molar-refractivity contribution in [2.45, 2.75) is 0 Å².